The number of hydrogen-bond acceptors (Lipinski definition) is 3. The Bertz CT molecular complexity index is 549. The predicted molar refractivity (Wildman–Crippen MR) is 86.3 cm³/mol. The van der Waals surface area contributed by atoms with Gasteiger partial charge in [0.1, 0.15) is 5.75 Å². The zero-order chi connectivity index (χ0) is 15.3. The average molecular weight is 285 g/mol. The van der Waals surface area contributed by atoms with Gasteiger partial charge in [0.2, 0.25) is 0 Å². The summed E-state index contributed by atoms with van der Waals surface area (Å²) in [7, 11) is 0. The van der Waals surface area contributed by atoms with E-state index >= 15 is 0 Å². The van der Waals surface area contributed by atoms with Crippen molar-refractivity contribution in [2.45, 2.75) is 31.9 Å². The maximum absolute atomic E-state index is 9.19. The van der Waals surface area contributed by atoms with Crippen molar-refractivity contribution in [1.82, 2.24) is 0 Å². The molecule has 0 amide bonds. The zero-order valence-corrected chi connectivity index (χ0v) is 12.6. The van der Waals surface area contributed by atoms with Gasteiger partial charge in [0.25, 0.3) is 0 Å². The summed E-state index contributed by atoms with van der Waals surface area (Å²) in [6.07, 6.45) is 0.555. The summed E-state index contributed by atoms with van der Waals surface area (Å²) >= 11 is 0. The highest BCUT2D eigenvalue weighted by atomic mass is 16.5. The molecule has 2 aromatic carbocycles. The molecule has 2 rings (SSSR count). The molecule has 2 unspecified atom stereocenters. The molecule has 0 saturated carbocycles. The Balaban J connectivity index is 2.00. The highest BCUT2D eigenvalue weighted by molar-refractivity contribution is 5.63. The van der Waals surface area contributed by atoms with Crippen LogP contribution in [-0.2, 0) is 0 Å². The number of aliphatic hydroxyl groups is 1. The van der Waals surface area contributed by atoms with Crippen LogP contribution in [0, 0.1) is 0 Å². The summed E-state index contributed by atoms with van der Waals surface area (Å²) in [5, 5.41) is 9.19. The molecule has 0 aliphatic heterocycles. The van der Waals surface area contributed by atoms with Crippen LogP contribution in [0.4, 0.5) is 0 Å². The Hall–Kier alpha value is -1.84. The number of rotatable bonds is 6. The number of hydrogen-bond donors (Lipinski definition) is 2. The van der Waals surface area contributed by atoms with Crippen molar-refractivity contribution < 1.29 is 9.84 Å². The van der Waals surface area contributed by atoms with E-state index in [1.165, 1.54) is 5.56 Å². The van der Waals surface area contributed by atoms with Gasteiger partial charge < -0.3 is 15.6 Å². The summed E-state index contributed by atoms with van der Waals surface area (Å²) in [6.45, 7) is 3.74. The Morgan fingerprint density at radius 1 is 1.05 bits per heavy atom. The fraction of sp³-hybridized carbons (Fsp3) is 0.333. The lowest BCUT2D eigenvalue weighted by Crippen LogP contribution is -2.43. The van der Waals surface area contributed by atoms with E-state index < -0.39 is 5.54 Å². The molecule has 3 N–H and O–H groups in total. The van der Waals surface area contributed by atoms with Crippen molar-refractivity contribution in [3.05, 3.63) is 54.6 Å². The summed E-state index contributed by atoms with van der Waals surface area (Å²) in [5.41, 5.74) is 7.68. The van der Waals surface area contributed by atoms with Crippen molar-refractivity contribution in [3.8, 4) is 16.9 Å². The van der Waals surface area contributed by atoms with Gasteiger partial charge in [-0.05, 0) is 37.1 Å². The van der Waals surface area contributed by atoms with Gasteiger partial charge in [0, 0.05) is 12.0 Å². The molecule has 0 heterocycles. The molecular formula is C18H23NO2. The van der Waals surface area contributed by atoms with Crippen LogP contribution in [0.5, 0.6) is 5.75 Å². The first kappa shape index (κ1) is 15.5. The maximum atomic E-state index is 9.19. The second-order valence-corrected chi connectivity index (χ2v) is 5.84. The number of ether oxygens (including phenoxy) is 1. The fourth-order valence-electron chi connectivity index (χ4n) is 2.35. The van der Waals surface area contributed by atoms with E-state index in [1.807, 2.05) is 56.3 Å². The van der Waals surface area contributed by atoms with E-state index in [0.29, 0.717) is 6.42 Å². The maximum Gasteiger partial charge on any atom is 0.119 e. The second kappa shape index (κ2) is 6.74. The molecule has 2 aromatic rings. The highest BCUT2D eigenvalue weighted by Gasteiger charge is 2.21. The molecule has 0 spiro atoms. The standard InChI is InChI=1S/C18H23NO2/c1-14(12-18(2,19)13-20)21-17-10-8-16(9-11-17)15-6-4-3-5-7-15/h3-11,14,20H,12-13,19H2,1-2H3. The lowest BCUT2D eigenvalue weighted by molar-refractivity contribution is 0.133. The van der Waals surface area contributed by atoms with Crippen LogP contribution in [-0.4, -0.2) is 23.4 Å². The molecule has 0 aromatic heterocycles. The first-order chi connectivity index (χ1) is 10.00. The van der Waals surface area contributed by atoms with Gasteiger partial charge in [-0.3, -0.25) is 0 Å². The van der Waals surface area contributed by atoms with E-state index in [-0.39, 0.29) is 12.7 Å². The van der Waals surface area contributed by atoms with Gasteiger partial charge in [-0.1, -0.05) is 42.5 Å². The SMILES string of the molecule is CC(CC(C)(N)CO)Oc1ccc(-c2ccccc2)cc1. The summed E-state index contributed by atoms with van der Waals surface area (Å²) in [6, 6.07) is 18.2. The first-order valence-corrected chi connectivity index (χ1v) is 7.22. The van der Waals surface area contributed by atoms with Gasteiger partial charge in [-0.2, -0.15) is 0 Å². The minimum atomic E-state index is -0.608. The number of aliphatic hydroxyl groups excluding tert-OH is 1. The Morgan fingerprint density at radius 3 is 2.19 bits per heavy atom. The van der Waals surface area contributed by atoms with Crippen LogP contribution in [0.1, 0.15) is 20.3 Å². The van der Waals surface area contributed by atoms with Crippen LogP contribution in [0.3, 0.4) is 0 Å². The molecule has 21 heavy (non-hydrogen) atoms. The van der Waals surface area contributed by atoms with Crippen molar-refractivity contribution in [2.24, 2.45) is 5.73 Å². The lowest BCUT2D eigenvalue weighted by Gasteiger charge is -2.26. The second-order valence-electron chi connectivity index (χ2n) is 5.84. The van der Waals surface area contributed by atoms with E-state index in [2.05, 4.69) is 12.1 Å². The largest absolute Gasteiger partial charge is 0.491 e. The highest BCUT2D eigenvalue weighted by Crippen LogP contribution is 2.23. The topological polar surface area (TPSA) is 55.5 Å². The van der Waals surface area contributed by atoms with Gasteiger partial charge in [0.05, 0.1) is 12.7 Å². The van der Waals surface area contributed by atoms with Gasteiger partial charge >= 0.3 is 0 Å². The minimum absolute atomic E-state index is 0.0466. The third kappa shape index (κ3) is 4.59. The van der Waals surface area contributed by atoms with Crippen LogP contribution in [0.15, 0.2) is 54.6 Å². The Labute approximate surface area is 126 Å². The van der Waals surface area contributed by atoms with Crippen molar-refractivity contribution in [2.75, 3.05) is 6.61 Å². The molecule has 0 radical (unpaired) electrons. The smallest absolute Gasteiger partial charge is 0.119 e. The van der Waals surface area contributed by atoms with Crippen molar-refractivity contribution in [3.63, 3.8) is 0 Å². The average Bonchev–Trinajstić information content (AvgIpc) is 2.48. The molecule has 0 saturated heterocycles. The summed E-state index contributed by atoms with van der Waals surface area (Å²) in [4.78, 5) is 0. The van der Waals surface area contributed by atoms with Crippen LogP contribution in [0.2, 0.25) is 0 Å². The third-order valence-corrected chi connectivity index (χ3v) is 3.41. The normalized spacial score (nSPS) is 15.2. The van der Waals surface area contributed by atoms with E-state index in [0.717, 1.165) is 11.3 Å². The molecule has 0 aliphatic carbocycles. The molecule has 112 valence electrons. The quantitative estimate of drug-likeness (QED) is 0.857. The number of benzene rings is 2. The fourth-order valence-corrected chi connectivity index (χ4v) is 2.35. The van der Waals surface area contributed by atoms with Crippen molar-refractivity contribution in [1.29, 1.82) is 0 Å². The van der Waals surface area contributed by atoms with Crippen LogP contribution < -0.4 is 10.5 Å². The predicted octanol–water partition coefficient (Wildman–Crippen LogP) is 3.22. The minimum Gasteiger partial charge on any atom is -0.491 e. The first-order valence-electron chi connectivity index (χ1n) is 7.22. The summed E-state index contributed by atoms with van der Waals surface area (Å²) in [5.74, 6) is 0.816. The lowest BCUT2D eigenvalue weighted by atomic mass is 9.97. The Kier molecular flexibility index (Phi) is 4.99. The van der Waals surface area contributed by atoms with Crippen LogP contribution in [0.25, 0.3) is 11.1 Å². The molecule has 3 nitrogen and oxygen atoms in total. The molecule has 3 heteroatoms. The number of nitrogens with two attached hydrogens (primary N) is 1. The van der Waals surface area contributed by atoms with E-state index in [4.69, 9.17) is 10.5 Å². The third-order valence-electron chi connectivity index (χ3n) is 3.41. The Morgan fingerprint density at radius 2 is 1.62 bits per heavy atom. The van der Waals surface area contributed by atoms with Crippen LogP contribution >= 0.6 is 0 Å². The molecule has 0 aliphatic rings. The molecule has 0 fully saturated rings. The van der Waals surface area contributed by atoms with Gasteiger partial charge in [0.15, 0.2) is 0 Å². The zero-order valence-electron chi connectivity index (χ0n) is 12.6. The monoisotopic (exact) mass is 285 g/mol. The molecule has 2 atom stereocenters. The van der Waals surface area contributed by atoms with E-state index in [1.54, 1.807) is 0 Å². The van der Waals surface area contributed by atoms with Gasteiger partial charge in [-0.15, -0.1) is 0 Å². The molecular weight excluding hydrogens is 262 g/mol. The summed E-state index contributed by atoms with van der Waals surface area (Å²) < 4.78 is 5.85. The van der Waals surface area contributed by atoms with E-state index in [9.17, 15) is 5.11 Å². The van der Waals surface area contributed by atoms with Gasteiger partial charge in [-0.25, -0.2) is 0 Å². The molecule has 0 bridgehead atoms. The van der Waals surface area contributed by atoms with Crippen molar-refractivity contribution >= 4 is 0 Å².